The van der Waals surface area contributed by atoms with E-state index in [-0.39, 0.29) is 12.1 Å². The number of nitrogens with zero attached hydrogens (tertiary/aromatic N) is 5. The summed E-state index contributed by atoms with van der Waals surface area (Å²) in [4.78, 5) is 15.3. The van der Waals surface area contributed by atoms with Crippen LogP contribution in [0.1, 0.15) is 12.5 Å². The minimum Gasteiger partial charge on any atom is -0.383 e. The first-order valence-corrected chi connectivity index (χ1v) is 10.9. The summed E-state index contributed by atoms with van der Waals surface area (Å²) >= 11 is 0. The Hall–Kier alpha value is -3.17. The average Bonchev–Trinajstić information content (AvgIpc) is 3.45. The Balaban J connectivity index is 1.56. The Morgan fingerprint density at radius 3 is 2.72 bits per heavy atom. The molecule has 2 N–H and O–H groups in total. The van der Waals surface area contributed by atoms with Crippen LogP contribution in [0.5, 0.6) is 0 Å². The highest BCUT2D eigenvalue weighted by Crippen LogP contribution is 2.30. The third-order valence-corrected chi connectivity index (χ3v) is 5.95. The van der Waals surface area contributed by atoms with Crippen LogP contribution in [0.4, 0.5) is 10.6 Å². The smallest absolute Gasteiger partial charge is 0.320 e. The fourth-order valence-electron chi connectivity index (χ4n) is 4.19. The zero-order valence-corrected chi connectivity index (χ0v) is 19.1. The number of rotatable bonds is 7. The topological polar surface area (TPSA) is 89.2 Å². The summed E-state index contributed by atoms with van der Waals surface area (Å²) in [6, 6.07) is 9.65. The van der Waals surface area contributed by atoms with Crippen LogP contribution in [0.25, 0.3) is 16.9 Å². The summed E-state index contributed by atoms with van der Waals surface area (Å²) in [5.74, 6) is 1.01. The SMILES string of the molecule is COCCN1C[C@@H](C)[C@H](NC(=O)Nc2c(C)c(-c3cnn(C)c3)nn2-c2ccccc2)C1. The fraction of sp³-hybridized carbons (Fsp3) is 0.435. The van der Waals surface area contributed by atoms with Gasteiger partial charge in [0.05, 0.1) is 18.5 Å². The molecule has 32 heavy (non-hydrogen) atoms. The number of aryl methyl sites for hydroxylation is 1. The number of ether oxygens (including phenoxy) is 1. The molecule has 3 heterocycles. The molecule has 0 saturated carbocycles. The van der Waals surface area contributed by atoms with Crippen LogP contribution in [0.2, 0.25) is 0 Å². The van der Waals surface area contributed by atoms with E-state index in [1.807, 2.05) is 50.5 Å². The van der Waals surface area contributed by atoms with E-state index in [1.165, 1.54) is 0 Å². The van der Waals surface area contributed by atoms with Gasteiger partial charge in [0.15, 0.2) is 0 Å². The number of nitrogens with one attached hydrogen (secondary N) is 2. The molecular weight excluding hydrogens is 406 g/mol. The van der Waals surface area contributed by atoms with Crippen molar-refractivity contribution in [2.75, 3.05) is 38.7 Å². The normalized spacial score (nSPS) is 18.8. The van der Waals surface area contributed by atoms with E-state index in [4.69, 9.17) is 9.84 Å². The lowest BCUT2D eigenvalue weighted by Gasteiger charge is -2.18. The van der Waals surface area contributed by atoms with Gasteiger partial charge in [0.1, 0.15) is 11.5 Å². The molecular formula is C23H31N7O2. The Morgan fingerprint density at radius 2 is 2.03 bits per heavy atom. The highest BCUT2D eigenvalue weighted by Gasteiger charge is 2.31. The van der Waals surface area contributed by atoms with Gasteiger partial charge in [0.25, 0.3) is 0 Å². The van der Waals surface area contributed by atoms with Crippen molar-refractivity contribution >= 4 is 11.8 Å². The van der Waals surface area contributed by atoms with Gasteiger partial charge in [-0.1, -0.05) is 25.1 Å². The lowest BCUT2D eigenvalue weighted by molar-refractivity contribution is 0.158. The number of hydrogen-bond acceptors (Lipinski definition) is 5. The minimum absolute atomic E-state index is 0.0815. The fourth-order valence-corrected chi connectivity index (χ4v) is 4.19. The maximum absolute atomic E-state index is 13.0. The zero-order chi connectivity index (χ0) is 22.7. The van der Waals surface area contributed by atoms with E-state index < -0.39 is 0 Å². The number of hydrogen-bond donors (Lipinski definition) is 2. The molecule has 9 nitrogen and oxygen atoms in total. The molecule has 9 heteroatoms. The molecule has 0 radical (unpaired) electrons. The monoisotopic (exact) mass is 437 g/mol. The van der Waals surface area contributed by atoms with Crippen LogP contribution >= 0.6 is 0 Å². The predicted octanol–water partition coefficient (Wildman–Crippen LogP) is 2.67. The Morgan fingerprint density at radius 1 is 1.25 bits per heavy atom. The van der Waals surface area contributed by atoms with Crippen LogP contribution in [0.15, 0.2) is 42.7 Å². The second-order valence-corrected chi connectivity index (χ2v) is 8.41. The van der Waals surface area contributed by atoms with Crippen molar-refractivity contribution in [3.8, 4) is 16.9 Å². The van der Waals surface area contributed by atoms with Gasteiger partial charge in [-0.2, -0.15) is 10.2 Å². The number of carbonyl (C=O) groups is 1. The number of benzene rings is 1. The van der Waals surface area contributed by atoms with Gasteiger partial charge >= 0.3 is 6.03 Å². The van der Waals surface area contributed by atoms with Gasteiger partial charge in [0.2, 0.25) is 0 Å². The van der Waals surface area contributed by atoms with Crippen molar-refractivity contribution in [3.05, 3.63) is 48.3 Å². The lowest BCUT2D eigenvalue weighted by atomic mass is 10.1. The maximum Gasteiger partial charge on any atom is 0.320 e. The number of aromatic nitrogens is 4. The van der Waals surface area contributed by atoms with Gasteiger partial charge in [-0.25, -0.2) is 9.48 Å². The molecule has 2 amide bonds. The molecule has 1 aromatic carbocycles. The molecule has 0 spiro atoms. The summed E-state index contributed by atoms with van der Waals surface area (Å²) in [7, 11) is 3.58. The van der Waals surface area contributed by atoms with E-state index in [0.29, 0.717) is 18.3 Å². The first-order chi connectivity index (χ1) is 15.5. The highest BCUT2D eigenvalue weighted by atomic mass is 16.5. The van der Waals surface area contributed by atoms with Gasteiger partial charge in [0, 0.05) is 57.2 Å². The molecule has 170 valence electrons. The second kappa shape index (κ2) is 9.54. The number of urea groups is 1. The van der Waals surface area contributed by atoms with Crippen molar-refractivity contribution < 1.29 is 9.53 Å². The van der Waals surface area contributed by atoms with E-state index >= 15 is 0 Å². The van der Waals surface area contributed by atoms with Gasteiger partial charge < -0.3 is 10.1 Å². The van der Waals surface area contributed by atoms with Gasteiger partial charge in [-0.05, 0) is 25.0 Å². The van der Waals surface area contributed by atoms with Gasteiger partial charge in [-0.15, -0.1) is 0 Å². The largest absolute Gasteiger partial charge is 0.383 e. The van der Waals surface area contributed by atoms with E-state index in [9.17, 15) is 4.79 Å². The minimum atomic E-state index is -0.228. The zero-order valence-electron chi connectivity index (χ0n) is 19.1. The number of para-hydroxylation sites is 1. The highest BCUT2D eigenvalue weighted by molar-refractivity contribution is 5.91. The maximum atomic E-state index is 13.0. The van der Waals surface area contributed by atoms with Gasteiger partial charge in [-0.3, -0.25) is 14.9 Å². The molecule has 3 aromatic rings. The average molecular weight is 438 g/mol. The molecule has 1 aliphatic heterocycles. The first-order valence-electron chi connectivity index (χ1n) is 10.9. The predicted molar refractivity (Wildman–Crippen MR) is 124 cm³/mol. The third kappa shape index (κ3) is 4.68. The molecule has 0 aliphatic carbocycles. The van der Waals surface area contributed by atoms with Crippen LogP contribution in [0.3, 0.4) is 0 Å². The summed E-state index contributed by atoms with van der Waals surface area (Å²) in [5.41, 5.74) is 3.46. The summed E-state index contributed by atoms with van der Waals surface area (Å²) in [6.45, 7) is 7.45. The van der Waals surface area contributed by atoms with E-state index in [0.717, 1.165) is 42.1 Å². The Kier molecular flexibility index (Phi) is 6.57. The van der Waals surface area contributed by atoms with Crippen molar-refractivity contribution in [1.29, 1.82) is 0 Å². The molecule has 2 atom stereocenters. The van der Waals surface area contributed by atoms with Crippen molar-refractivity contribution in [2.45, 2.75) is 19.9 Å². The molecule has 2 aromatic heterocycles. The van der Waals surface area contributed by atoms with Crippen LogP contribution in [-0.2, 0) is 11.8 Å². The Bertz CT molecular complexity index is 1060. The molecule has 1 aliphatic rings. The number of anilines is 1. The summed E-state index contributed by atoms with van der Waals surface area (Å²) < 4.78 is 8.71. The molecule has 1 fully saturated rings. The number of likely N-dealkylation sites (tertiary alicyclic amines) is 1. The van der Waals surface area contributed by atoms with E-state index in [1.54, 1.807) is 22.7 Å². The van der Waals surface area contributed by atoms with Crippen LogP contribution in [-0.4, -0.2) is 69.9 Å². The first kappa shape index (κ1) is 22.0. The third-order valence-electron chi connectivity index (χ3n) is 5.95. The summed E-state index contributed by atoms with van der Waals surface area (Å²) in [5, 5.41) is 15.3. The molecule has 1 saturated heterocycles. The standard InChI is InChI=1S/C23H31N7O2/c1-16-13-29(10-11-32-4)15-20(16)25-23(31)26-22-17(2)21(18-12-24-28(3)14-18)27-30(22)19-8-6-5-7-9-19/h5-9,12,14,16,20H,10-11,13,15H2,1-4H3,(H2,25,26,31)/t16-,20-/m1/s1. The molecule has 0 bridgehead atoms. The van der Waals surface area contributed by atoms with Crippen LogP contribution < -0.4 is 10.6 Å². The lowest BCUT2D eigenvalue weighted by Crippen LogP contribution is -2.42. The second-order valence-electron chi connectivity index (χ2n) is 8.41. The van der Waals surface area contributed by atoms with Crippen molar-refractivity contribution in [3.63, 3.8) is 0 Å². The Labute approximate surface area is 188 Å². The molecule has 0 unspecified atom stereocenters. The van der Waals surface area contributed by atoms with Crippen molar-refractivity contribution in [2.24, 2.45) is 13.0 Å². The summed E-state index contributed by atoms with van der Waals surface area (Å²) in [6.07, 6.45) is 3.70. The number of carbonyl (C=O) groups excluding carboxylic acids is 1. The number of amides is 2. The molecule has 4 rings (SSSR count). The quantitative estimate of drug-likeness (QED) is 0.593. The van der Waals surface area contributed by atoms with E-state index in [2.05, 4.69) is 27.6 Å². The van der Waals surface area contributed by atoms with Crippen molar-refractivity contribution in [1.82, 2.24) is 29.8 Å². The van der Waals surface area contributed by atoms with Crippen LogP contribution in [0, 0.1) is 12.8 Å². The number of methoxy groups -OCH3 is 1.